The van der Waals surface area contributed by atoms with Crippen molar-refractivity contribution in [2.75, 3.05) is 0 Å². The number of amides is 3. The van der Waals surface area contributed by atoms with Crippen molar-refractivity contribution in [2.45, 2.75) is 43.8 Å². The summed E-state index contributed by atoms with van der Waals surface area (Å²) < 4.78 is 0. The van der Waals surface area contributed by atoms with Crippen LogP contribution < -0.4 is 22.1 Å². The van der Waals surface area contributed by atoms with E-state index in [1.807, 2.05) is 24.3 Å². The number of nitrogens with two attached hydrogens (primary N) is 2. The number of fused-ring (bicyclic) bond motifs is 1. The zero-order valence-electron chi connectivity index (χ0n) is 19.4. The molecular formula is C25H29N5O6. The Kier molecular flexibility index (Phi) is 8.63. The molecule has 1 heterocycles. The first-order valence-electron chi connectivity index (χ1n) is 11.3. The van der Waals surface area contributed by atoms with Gasteiger partial charge in [-0.2, -0.15) is 0 Å². The van der Waals surface area contributed by atoms with Gasteiger partial charge in [-0.05, 0) is 42.2 Å². The second kappa shape index (κ2) is 11.8. The van der Waals surface area contributed by atoms with E-state index in [-0.39, 0.29) is 31.4 Å². The number of carbonyl (C=O) groups is 4. The van der Waals surface area contributed by atoms with Gasteiger partial charge in [0.1, 0.15) is 17.8 Å². The number of H-pyrrole nitrogens is 1. The Morgan fingerprint density at radius 2 is 1.58 bits per heavy atom. The van der Waals surface area contributed by atoms with Crippen molar-refractivity contribution in [1.82, 2.24) is 15.6 Å². The number of primary amides is 1. The number of rotatable bonds is 12. The molecule has 0 unspecified atom stereocenters. The number of phenolic OH excluding ortho intramolecular Hbond substituents is 1. The van der Waals surface area contributed by atoms with Crippen molar-refractivity contribution in [3.8, 4) is 5.75 Å². The van der Waals surface area contributed by atoms with Crippen molar-refractivity contribution < 1.29 is 29.4 Å². The molecular weight excluding hydrogens is 466 g/mol. The predicted octanol–water partition coefficient (Wildman–Crippen LogP) is 0.306. The van der Waals surface area contributed by atoms with Gasteiger partial charge in [0.2, 0.25) is 17.7 Å². The molecule has 9 N–H and O–H groups in total. The first-order chi connectivity index (χ1) is 17.1. The number of carboxylic acid groups (broad SMARTS) is 1. The van der Waals surface area contributed by atoms with Crippen LogP contribution in [0.5, 0.6) is 5.75 Å². The summed E-state index contributed by atoms with van der Waals surface area (Å²) >= 11 is 0. The lowest BCUT2D eigenvalue weighted by Crippen LogP contribution is -2.55. The van der Waals surface area contributed by atoms with Gasteiger partial charge in [0.15, 0.2) is 0 Å². The van der Waals surface area contributed by atoms with Gasteiger partial charge in [0.25, 0.3) is 0 Å². The van der Waals surface area contributed by atoms with Crippen molar-refractivity contribution in [3.63, 3.8) is 0 Å². The number of nitrogens with one attached hydrogen (secondary N) is 3. The van der Waals surface area contributed by atoms with Crippen LogP contribution in [0, 0.1) is 0 Å². The molecule has 11 nitrogen and oxygen atoms in total. The number of benzene rings is 2. The molecule has 3 rings (SSSR count). The average molecular weight is 496 g/mol. The maximum atomic E-state index is 13.1. The summed E-state index contributed by atoms with van der Waals surface area (Å²) in [6.45, 7) is 0. The van der Waals surface area contributed by atoms with Gasteiger partial charge in [-0.25, -0.2) is 4.79 Å². The summed E-state index contributed by atoms with van der Waals surface area (Å²) in [4.78, 5) is 51.9. The number of aromatic nitrogens is 1. The van der Waals surface area contributed by atoms with Crippen molar-refractivity contribution >= 4 is 34.6 Å². The number of aromatic amines is 1. The van der Waals surface area contributed by atoms with E-state index in [4.69, 9.17) is 11.5 Å². The van der Waals surface area contributed by atoms with E-state index in [1.165, 1.54) is 12.1 Å². The largest absolute Gasteiger partial charge is 0.508 e. The number of para-hydroxylation sites is 1. The molecule has 0 bridgehead atoms. The molecule has 3 atom stereocenters. The van der Waals surface area contributed by atoms with Crippen molar-refractivity contribution in [2.24, 2.45) is 11.5 Å². The first kappa shape index (κ1) is 26.2. The number of hydrogen-bond donors (Lipinski definition) is 7. The molecule has 0 aliphatic carbocycles. The SMILES string of the molecule is NC(=O)CC[C@H](NC(=O)[C@H](Cc1c[nH]c2ccccc12)NC(=O)[C@@H](N)Cc1ccc(O)cc1)C(=O)O. The Bertz CT molecular complexity index is 1240. The monoisotopic (exact) mass is 495 g/mol. The molecule has 0 aliphatic heterocycles. The number of carbonyl (C=O) groups excluding carboxylic acids is 3. The molecule has 190 valence electrons. The Morgan fingerprint density at radius 1 is 0.917 bits per heavy atom. The summed E-state index contributed by atoms with van der Waals surface area (Å²) in [6, 6.07) is 10.1. The second-order valence-corrected chi connectivity index (χ2v) is 8.51. The standard InChI is InChI=1S/C25H29N5O6/c26-18(11-14-5-7-16(31)8-6-14)23(33)30-21(12-15-13-28-19-4-2-1-3-17(15)19)24(34)29-20(25(35)36)9-10-22(27)32/h1-8,13,18,20-21,28,31H,9-12,26H2,(H2,27,32)(H,29,34)(H,30,33)(H,35,36)/t18-,20-,21-/m0/s1. The molecule has 3 aromatic rings. The van der Waals surface area contributed by atoms with Gasteiger partial charge < -0.3 is 37.3 Å². The van der Waals surface area contributed by atoms with E-state index in [0.29, 0.717) is 5.56 Å². The van der Waals surface area contributed by atoms with Crippen molar-refractivity contribution in [1.29, 1.82) is 0 Å². The van der Waals surface area contributed by atoms with Gasteiger partial charge in [-0.1, -0.05) is 30.3 Å². The summed E-state index contributed by atoms with van der Waals surface area (Å²) in [6.07, 6.45) is 1.52. The molecule has 1 aromatic heterocycles. The number of aromatic hydroxyl groups is 1. The molecule has 0 saturated heterocycles. The maximum absolute atomic E-state index is 13.1. The third kappa shape index (κ3) is 7.06. The third-order valence-corrected chi connectivity index (χ3v) is 5.75. The van der Waals surface area contributed by atoms with Crippen LogP contribution in [0.3, 0.4) is 0 Å². The first-order valence-corrected chi connectivity index (χ1v) is 11.3. The zero-order chi connectivity index (χ0) is 26.2. The summed E-state index contributed by atoms with van der Waals surface area (Å²) in [5.41, 5.74) is 13.5. The highest BCUT2D eigenvalue weighted by Gasteiger charge is 2.29. The summed E-state index contributed by atoms with van der Waals surface area (Å²) in [7, 11) is 0. The lowest BCUT2D eigenvalue weighted by atomic mass is 10.0. The minimum atomic E-state index is -1.36. The molecule has 0 radical (unpaired) electrons. The second-order valence-electron chi connectivity index (χ2n) is 8.51. The van der Waals surface area contributed by atoms with Gasteiger partial charge in [0.05, 0.1) is 6.04 Å². The lowest BCUT2D eigenvalue weighted by Gasteiger charge is -2.23. The fourth-order valence-corrected chi connectivity index (χ4v) is 3.80. The van der Waals surface area contributed by atoms with Gasteiger partial charge in [-0.3, -0.25) is 14.4 Å². The number of phenols is 1. The number of hydrogen-bond acceptors (Lipinski definition) is 6. The van der Waals surface area contributed by atoms with Gasteiger partial charge in [0, 0.05) is 29.9 Å². The topological polar surface area (TPSA) is 201 Å². The quantitative estimate of drug-likeness (QED) is 0.187. The molecule has 2 aromatic carbocycles. The Morgan fingerprint density at radius 3 is 2.25 bits per heavy atom. The van der Waals surface area contributed by atoms with Crippen LogP contribution in [0.15, 0.2) is 54.7 Å². The molecule has 0 aliphatic rings. The van der Waals surface area contributed by atoms with Crippen LogP contribution in [-0.4, -0.2) is 57.0 Å². The van der Waals surface area contributed by atoms with Crippen LogP contribution in [0.1, 0.15) is 24.0 Å². The highest BCUT2D eigenvalue weighted by atomic mass is 16.4. The van der Waals surface area contributed by atoms with Gasteiger partial charge in [-0.15, -0.1) is 0 Å². The fraction of sp³-hybridized carbons (Fsp3) is 0.280. The molecule has 0 fully saturated rings. The smallest absolute Gasteiger partial charge is 0.326 e. The normalized spacial score (nSPS) is 13.5. The summed E-state index contributed by atoms with van der Waals surface area (Å²) in [5.74, 6) is -3.28. The highest BCUT2D eigenvalue weighted by molar-refractivity contribution is 5.93. The van der Waals surface area contributed by atoms with E-state index in [9.17, 15) is 29.4 Å². The Balaban J connectivity index is 1.78. The van der Waals surface area contributed by atoms with E-state index in [0.717, 1.165) is 16.5 Å². The number of aliphatic carboxylic acids is 1. The Hall–Kier alpha value is -4.38. The minimum Gasteiger partial charge on any atom is -0.508 e. The molecule has 3 amide bonds. The van der Waals surface area contributed by atoms with Gasteiger partial charge >= 0.3 is 5.97 Å². The predicted molar refractivity (Wildman–Crippen MR) is 132 cm³/mol. The Labute approximate surface area is 206 Å². The van der Waals surface area contributed by atoms with Crippen LogP contribution in [0.25, 0.3) is 10.9 Å². The van der Waals surface area contributed by atoms with Crippen LogP contribution in [0.4, 0.5) is 0 Å². The molecule has 36 heavy (non-hydrogen) atoms. The van der Waals surface area contributed by atoms with Crippen molar-refractivity contribution in [3.05, 3.63) is 65.9 Å². The van der Waals surface area contributed by atoms with Crippen LogP contribution >= 0.6 is 0 Å². The fourth-order valence-electron chi connectivity index (χ4n) is 3.80. The van der Waals surface area contributed by atoms with Crippen LogP contribution in [0.2, 0.25) is 0 Å². The number of carboxylic acids is 1. The zero-order valence-corrected chi connectivity index (χ0v) is 19.4. The molecule has 0 spiro atoms. The average Bonchev–Trinajstić information content (AvgIpc) is 3.25. The lowest BCUT2D eigenvalue weighted by molar-refractivity contribution is -0.142. The molecule has 0 saturated carbocycles. The van der Waals surface area contributed by atoms with E-state index < -0.39 is 41.8 Å². The maximum Gasteiger partial charge on any atom is 0.326 e. The summed E-state index contributed by atoms with van der Waals surface area (Å²) in [5, 5.41) is 24.8. The van der Waals surface area contributed by atoms with E-state index in [2.05, 4.69) is 15.6 Å². The van der Waals surface area contributed by atoms with Crippen LogP contribution in [-0.2, 0) is 32.0 Å². The minimum absolute atomic E-state index is 0.0652. The highest BCUT2D eigenvalue weighted by Crippen LogP contribution is 2.19. The van der Waals surface area contributed by atoms with E-state index >= 15 is 0 Å². The third-order valence-electron chi connectivity index (χ3n) is 5.75. The van der Waals surface area contributed by atoms with E-state index in [1.54, 1.807) is 18.3 Å². The molecule has 11 heteroatoms.